The third-order valence-electron chi connectivity index (χ3n) is 3.19. The summed E-state index contributed by atoms with van der Waals surface area (Å²) in [5.74, 6) is -0.437. The van der Waals surface area contributed by atoms with Crippen molar-refractivity contribution in [1.29, 1.82) is 0 Å². The summed E-state index contributed by atoms with van der Waals surface area (Å²) in [6.07, 6.45) is 2.23. The maximum Gasteiger partial charge on any atom is 0.356 e. The lowest BCUT2D eigenvalue weighted by Crippen LogP contribution is -2.06. The largest absolute Gasteiger partial charge is 0.461 e. The van der Waals surface area contributed by atoms with Gasteiger partial charge in [0.05, 0.1) is 18.3 Å². The Morgan fingerprint density at radius 3 is 2.95 bits per heavy atom. The monoisotopic (exact) mass is 283 g/mol. The minimum atomic E-state index is -0.437. The molecule has 0 atom stereocenters. The summed E-state index contributed by atoms with van der Waals surface area (Å²) in [7, 11) is 0. The zero-order chi connectivity index (χ0) is 14.8. The zero-order valence-electron chi connectivity index (χ0n) is 11.3. The Morgan fingerprint density at radius 1 is 1.33 bits per heavy atom. The van der Waals surface area contributed by atoms with E-state index in [2.05, 4.69) is 15.3 Å². The van der Waals surface area contributed by atoms with E-state index in [1.165, 1.54) is 0 Å². The van der Waals surface area contributed by atoms with Gasteiger partial charge in [-0.1, -0.05) is 6.07 Å². The standard InChI is InChI=1S/C15H13N3O3/c1-2-21-15(20)13-6-11-10-4-3-9(17-8-19)5-12(10)18-14(11)7-16-13/h3-8,18H,2H2,1H3,(H,17,19). The number of hydrogen-bond donors (Lipinski definition) is 2. The fourth-order valence-corrected chi connectivity index (χ4v) is 2.28. The number of amides is 1. The predicted molar refractivity (Wildman–Crippen MR) is 79.2 cm³/mol. The summed E-state index contributed by atoms with van der Waals surface area (Å²) in [6, 6.07) is 7.22. The van der Waals surface area contributed by atoms with Crippen molar-refractivity contribution in [2.24, 2.45) is 0 Å². The number of rotatable bonds is 4. The molecule has 2 N–H and O–H groups in total. The molecule has 0 aliphatic rings. The van der Waals surface area contributed by atoms with E-state index in [-0.39, 0.29) is 5.69 Å². The lowest BCUT2D eigenvalue weighted by atomic mass is 10.1. The number of carbonyl (C=O) groups is 2. The van der Waals surface area contributed by atoms with Gasteiger partial charge in [0.25, 0.3) is 0 Å². The number of hydrogen-bond acceptors (Lipinski definition) is 4. The number of nitrogens with zero attached hydrogens (tertiary/aromatic N) is 1. The number of anilines is 1. The second-order valence-corrected chi connectivity index (χ2v) is 4.48. The molecule has 21 heavy (non-hydrogen) atoms. The molecule has 3 rings (SSSR count). The SMILES string of the molecule is CCOC(=O)c1cc2c(cn1)[nH]c1cc(NC=O)ccc12. The van der Waals surface area contributed by atoms with E-state index < -0.39 is 5.97 Å². The first-order valence-corrected chi connectivity index (χ1v) is 6.51. The van der Waals surface area contributed by atoms with Gasteiger partial charge in [-0.15, -0.1) is 0 Å². The van der Waals surface area contributed by atoms with Crippen LogP contribution in [0.2, 0.25) is 0 Å². The number of aromatic nitrogens is 2. The smallest absolute Gasteiger partial charge is 0.356 e. The minimum Gasteiger partial charge on any atom is -0.461 e. The lowest BCUT2D eigenvalue weighted by Gasteiger charge is -2.01. The Labute approximate surface area is 120 Å². The average Bonchev–Trinajstić information content (AvgIpc) is 2.84. The molecule has 0 spiro atoms. The fraction of sp³-hybridized carbons (Fsp3) is 0.133. The highest BCUT2D eigenvalue weighted by Gasteiger charge is 2.12. The molecule has 0 fully saturated rings. The van der Waals surface area contributed by atoms with Crippen LogP contribution in [0.3, 0.4) is 0 Å². The number of pyridine rings is 1. The summed E-state index contributed by atoms with van der Waals surface area (Å²) < 4.78 is 4.96. The Balaban J connectivity index is 2.13. The summed E-state index contributed by atoms with van der Waals surface area (Å²) in [6.45, 7) is 2.07. The first-order chi connectivity index (χ1) is 10.2. The van der Waals surface area contributed by atoms with Crippen molar-refractivity contribution >= 4 is 39.9 Å². The van der Waals surface area contributed by atoms with Gasteiger partial charge in [-0.2, -0.15) is 0 Å². The van der Waals surface area contributed by atoms with Crippen LogP contribution in [0.25, 0.3) is 21.8 Å². The van der Waals surface area contributed by atoms with Gasteiger partial charge in [-0.05, 0) is 25.1 Å². The average molecular weight is 283 g/mol. The topological polar surface area (TPSA) is 84.1 Å². The Morgan fingerprint density at radius 2 is 2.19 bits per heavy atom. The number of aromatic amines is 1. The molecule has 2 heterocycles. The number of carbonyl (C=O) groups excluding carboxylic acids is 2. The minimum absolute atomic E-state index is 0.278. The Hall–Kier alpha value is -2.89. The van der Waals surface area contributed by atoms with E-state index in [9.17, 15) is 9.59 Å². The van der Waals surface area contributed by atoms with Crippen LogP contribution in [0.15, 0.2) is 30.5 Å². The number of fused-ring (bicyclic) bond motifs is 3. The number of H-pyrrole nitrogens is 1. The van der Waals surface area contributed by atoms with Gasteiger partial charge in [0.2, 0.25) is 6.41 Å². The summed E-state index contributed by atoms with van der Waals surface area (Å²) in [5.41, 5.74) is 2.66. The van der Waals surface area contributed by atoms with Crippen LogP contribution < -0.4 is 5.32 Å². The van der Waals surface area contributed by atoms with E-state index in [1.54, 1.807) is 25.3 Å². The first-order valence-electron chi connectivity index (χ1n) is 6.51. The maximum absolute atomic E-state index is 11.7. The molecule has 0 bridgehead atoms. The highest BCUT2D eigenvalue weighted by Crippen LogP contribution is 2.27. The quantitative estimate of drug-likeness (QED) is 0.569. The molecule has 1 amide bonds. The van der Waals surface area contributed by atoms with Gasteiger partial charge in [0.15, 0.2) is 0 Å². The van der Waals surface area contributed by atoms with Crippen molar-refractivity contribution in [3.05, 3.63) is 36.2 Å². The van der Waals surface area contributed by atoms with Gasteiger partial charge in [-0.25, -0.2) is 9.78 Å². The third kappa shape index (κ3) is 2.31. The Kier molecular flexibility index (Phi) is 3.27. The molecule has 0 radical (unpaired) electrons. The van der Waals surface area contributed by atoms with E-state index in [0.717, 1.165) is 21.8 Å². The molecule has 3 aromatic rings. The van der Waals surface area contributed by atoms with Crippen molar-refractivity contribution < 1.29 is 14.3 Å². The van der Waals surface area contributed by atoms with Crippen molar-refractivity contribution in [2.75, 3.05) is 11.9 Å². The van der Waals surface area contributed by atoms with Crippen LogP contribution in [0.4, 0.5) is 5.69 Å². The van der Waals surface area contributed by atoms with E-state index in [4.69, 9.17) is 4.74 Å². The highest BCUT2D eigenvalue weighted by molar-refractivity contribution is 6.09. The van der Waals surface area contributed by atoms with Crippen LogP contribution in [-0.2, 0) is 9.53 Å². The first kappa shape index (κ1) is 13.1. The second-order valence-electron chi connectivity index (χ2n) is 4.48. The summed E-state index contributed by atoms with van der Waals surface area (Å²) in [4.78, 5) is 29.5. The van der Waals surface area contributed by atoms with Crippen molar-refractivity contribution in [2.45, 2.75) is 6.92 Å². The molecule has 1 aromatic carbocycles. The molecule has 0 saturated carbocycles. The molecule has 6 nitrogen and oxygen atoms in total. The van der Waals surface area contributed by atoms with Gasteiger partial charge in [0.1, 0.15) is 5.69 Å². The third-order valence-corrected chi connectivity index (χ3v) is 3.19. The molecule has 0 saturated heterocycles. The molecule has 0 aliphatic heterocycles. The summed E-state index contributed by atoms with van der Waals surface area (Å²) in [5, 5.41) is 4.44. The second kappa shape index (κ2) is 5.24. The van der Waals surface area contributed by atoms with Crippen LogP contribution in [0.5, 0.6) is 0 Å². The fourth-order valence-electron chi connectivity index (χ4n) is 2.28. The molecule has 0 aliphatic carbocycles. The van der Waals surface area contributed by atoms with Crippen molar-refractivity contribution in [1.82, 2.24) is 9.97 Å². The molecule has 2 aromatic heterocycles. The van der Waals surface area contributed by atoms with Crippen LogP contribution in [0, 0.1) is 0 Å². The number of nitrogens with one attached hydrogen (secondary N) is 2. The van der Waals surface area contributed by atoms with Crippen LogP contribution in [-0.4, -0.2) is 29.0 Å². The number of ether oxygens (including phenoxy) is 1. The van der Waals surface area contributed by atoms with Crippen molar-refractivity contribution in [3.63, 3.8) is 0 Å². The van der Waals surface area contributed by atoms with Gasteiger partial charge >= 0.3 is 5.97 Å². The van der Waals surface area contributed by atoms with Gasteiger partial charge in [-0.3, -0.25) is 4.79 Å². The van der Waals surface area contributed by atoms with Crippen molar-refractivity contribution in [3.8, 4) is 0 Å². The van der Waals surface area contributed by atoms with Gasteiger partial charge < -0.3 is 15.0 Å². The molecule has 0 unspecified atom stereocenters. The van der Waals surface area contributed by atoms with Crippen LogP contribution in [0.1, 0.15) is 17.4 Å². The number of benzene rings is 1. The Bertz CT molecular complexity index is 839. The van der Waals surface area contributed by atoms with E-state index >= 15 is 0 Å². The van der Waals surface area contributed by atoms with E-state index in [1.807, 2.05) is 12.1 Å². The van der Waals surface area contributed by atoms with E-state index in [0.29, 0.717) is 18.7 Å². The zero-order valence-corrected chi connectivity index (χ0v) is 11.3. The predicted octanol–water partition coefficient (Wildman–Crippen LogP) is 2.46. The molecule has 106 valence electrons. The lowest BCUT2D eigenvalue weighted by molar-refractivity contribution is -0.105. The normalized spacial score (nSPS) is 10.7. The highest BCUT2D eigenvalue weighted by atomic mass is 16.5. The van der Waals surface area contributed by atoms with Crippen LogP contribution >= 0.6 is 0 Å². The molecular formula is C15H13N3O3. The van der Waals surface area contributed by atoms with Gasteiger partial charge in [0, 0.05) is 22.0 Å². The maximum atomic E-state index is 11.7. The summed E-state index contributed by atoms with van der Waals surface area (Å²) >= 11 is 0. The number of esters is 1. The molecular weight excluding hydrogens is 270 g/mol. The molecule has 6 heteroatoms.